The average molecular weight is 389 g/mol. The topological polar surface area (TPSA) is 52.6 Å². The van der Waals surface area contributed by atoms with E-state index in [-0.39, 0.29) is 11.9 Å². The van der Waals surface area contributed by atoms with Crippen molar-refractivity contribution in [2.24, 2.45) is 0 Å². The molecular weight excluding hydrogens is 352 g/mol. The minimum atomic E-state index is -0.377. The molecule has 0 unspecified atom stereocenters. The number of carbonyl (C=O) groups excluding carboxylic acids is 2. The molecule has 156 valence electrons. The van der Waals surface area contributed by atoms with Crippen molar-refractivity contribution in [2.75, 3.05) is 0 Å². The van der Waals surface area contributed by atoms with Gasteiger partial charge in [0.2, 0.25) is 0 Å². The monoisotopic (exact) mass is 388 g/mol. The van der Waals surface area contributed by atoms with Crippen molar-refractivity contribution in [3.8, 4) is 11.5 Å². The third-order valence-electron chi connectivity index (χ3n) is 4.61. The van der Waals surface area contributed by atoms with Crippen molar-refractivity contribution < 1.29 is 19.1 Å². The summed E-state index contributed by atoms with van der Waals surface area (Å²) in [6.07, 6.45) is 16.4. The minimum absolute atomic E-state index is 0.377. The van der Waals surface area contributed by atoms with Crippen LogP contribution in [0.3, 0.4) is 0 Å². The van der Waals surface area contributed by atoms with Gasteiger partial charge in [-0.25, -0.2) is 0 Å². The maximum Gasteiger partial charge on any atom is 0.308 e. The van der Waals surface area contributed by atoms with Gasteiger partial charge in [0, 0.05) is 19.4 Å². The van der Waals surface area contributed by atoms with Crippen molar-refractivity contribution >= 4 is 11.9 Å². The Hall–Kier alpha value is -2.10. The first-order valence-corrected chi connectivity index (χ1v) is 10.6. The highest BCUT2D eigenvalue weighted by Gasteiger charge is 2.13. The summed E-state index contributed by atoms with van der Waals surface area (Å²) in [7, 11) is 0. The van der Waals surface area contributed by atoms with Gasteiger partial charge < -0.3 is 9.47 Å². The molecule has 0 aliphatic carbocycles. The SMILES string of the molecule is CCCCC=CCCCCCCCc1cc(OC(C)=O)c(C)c(OC(C)=O)c1. The number of hydrogen-bond acceptors (Lipinski definition) is 4. The van der Waals surface area contributed by atoms with Crippen LogP contribution in [0.2, 0.25) is 0 Å². The Balaban J connectivity index is 2.43. The molecule has 1 rings (SSSR count). The van der Waals surface area contributed by atoms with E-state index in [2.05, 4.69) is 19.1 Å². The standard InChI is InChI=1S/C24H36O4/c1-5-6-7-8-9-10-11-12-13-14-15-16-22-17-23(27-20(3)25)19(2)24(18-22)28-21(4)26/h8-9,17-18H,5-7,10-16H2,1-4H3. The van der Waals surface area contributed by atoms with E-state index in [4.69, 9.17) is 9.47 Å². The molecule has 0 heterocycles. The molecule has 4 heteroatoms. The number of unbranched alkanes of at least 4 members (excludes halogenated alkanes) is 7. The number of carbonyl (C=O) groups is 2. The molecule has 0 aromatic heterocycles. The number of aryl methyl sites for hydroxylation is 1. The molecule has 0 bridgehead atoms. The first kappa shape index (κ1) is 23.9. The van der Waals surface area contributed by atoms with Crippen LogP contribution in [0.15, 0.2) is 24.3 Å². The Kier molecular flexibility index (Phi) is 11.9. The summed E-state index contributed by atoms with van der Waals surface area (Å²) < 4.78 is 10.6. The van der Waals surface area contributed by atoms with E-state index in [1.807, 2.05) is 12.1 Å². The number of rotatable bonds is 13. The Morgan fingerprint density at radius 1 is 0.821 bits per heavy atom. The lowest BCUT2D eigenvalue weighted by Crippen LogP contribution is -2.07. The first-order valence-electron chi connectivity index (χ1n) is 10.6. The molecule has 0 radical (unpaired) electrons. The minimum Gasteiger partial charge on any atom is -0.426 e. The smallest absolute Gasteiger partial charge is 0.308 e. The Morgan fingerprint density at radius 3 is 1.86 bits per heavy atom. The second kappa shape index (κ2) is 14.0. The predicted octanol–water partition coefficient (Wildman–Crippen LogP) is 6.48. The summed E-state index contributed by atoms with van der Waals surface area (Å²) in [6, 6.07) is 3.76. The van der Waals surface area contributed by atoms with Crippen molar-refractivity contribution in [1.82, 2.24) is 0 Å². The van der Waals surface area contributed by atoms with Gasteiger partial charge in [-0.05, 0) is 56.7 Å². The molecule has 1 aromatic rings. The van der Waals surface area contributed by atoms with Crippen LogP contribution in [-0.2, 0) is 16.0 Å². The second-order valence-corrected chi connectivity index (χ2v) is 7.32. The van der Waals surface area contributed by atoms with Gasteiger partial charge in [-0.3, -0.25) is 9.59 Å². The highest BCUT2D eigenvalue weighted by Crippen LogP contribution is 2.31. The molecule has 0 aliphatic heterocycles. The zero-order valence-corrected chi connectivity index (χ0v) is 18.0. The fraction of sp³-hybridized carbons (Fsp3) is 0.583. The molecule has 4 nitrogen and oxygen atoms in total. The van der Waals surface area contributed by atoms with E-state index in [9.17, 15) is 9.59 Å². The number of allylic oxidation sites excluding steroid dienone is 2. The van der Waals surface area contributed by atoms with Crippen LogP contribution < -0.4 is 9.47 Å². The number of esters is 2. The lowest BCUT2D eigenvalue weighted by Gasteiger charge is -2.13. The van der Waals surface area contributed by atoms with E-state index in [1.54, 1.807) is 6.92 Å². The molecule has 1 aromatic carbocycles. The van der Waals surface area contributed by atoms with Crippen molar-refractivity contribution in [3.05, 3.63) is 35.4 Å². The molecular formula is C24H36O4. The van der Waals surface area contributed by atoms with E-state index in [0.29, 0.717) is 17.1 Å². The maximum atomic E-state index is 11.3. The van der Waals surface area contributed by atoms with E-state index < -0.39 is 0 Å². The summed E-state index contributed by atoms with van der Waals surface area (Å²) >= 11 is 0. The van der Waals surface area contributed by atoms with E-state index in [1.165, 1.54) is 65.2 Å². The highest BCUT2D eigenvalue weighted by molar-refractivity contribution is 5.72. The van der Waals surface area contributed by atoms with Gasteiger partial charge in [0.25, 0.3) is 0 Å². The van der Waals surface area contributed by atoms with Crippen LogP contribution in [0, 0.1) is 6.92 Å². The Bertz CT molecular complexity index is 609. The molecule has 28 heavy (non-hydrogen) atoms. The summed E-state index contributed by atoms with van der Waals surface area (Å²) in [5.74, 6) is 0.183. The number of benzene rings is 1. The van der Waals surface area contributed by atoms with Gasteiger partial charge >= 0.3 is 11.9 Å². The largest absolute Gasteiger partial charge is 0.426 e. The van der Waals surface area contributed by atoms with Gasteiger partial charge in [0.15, 0.2) is 0 Å². The average Bonchev–Trinajstić information content (AvgIpc) is 2.62. The highest BCUT2D eigenvalue weighted by atomic mass is 16.5. The van der Waals surface area contributed by atoms with Crippen molar-refractivity contribution in [2.45, 2.75) is 91.9 Å². The quantitative estimate of drug-likeness (QED) is 0.168. The number of hydrogen-bond donors (Lipinski definition) is 0. The molecule has 0 saturated heterocycles. The molecule has 0 aliphatic rings. The third-order valence-corrected chi connectivity index (χ3v) is 4.61. The van der Waals surface area contributed by atoms with Crippen LogP contribution >= 0.6 is 0 Å². The third kappa shape index (κ3) is 10.3. The molecule has 0 N–H and O–H groups in total. The van der Waals surface area contributed by atoms with Gasteiger partial charge in [0.1, 0.15) is 11.5 Å². The van der Waals surface area contributed by atoms with Crippen LogP contribution in [0.1, 0.15) is 89.7 Å². The van der Waals surface area contributed by atoms with Crippen LogP contribution in [-0.4, -0.2) is 11.9 Å². The predicted molar refractivity (Wildman–Crippen MR) is 114 cm³/mol. The molecule has 0 amide bonds. The van der Waals surface area contributed by atoms with Gasteiger partial charge in [0.05, 0.1) is 0 Å². The summed E-state index contributed by atoms with van der Waals surface area (Å²) in [6.45, 7) is 6.75. The number of ether oxygens (including phenoxy) is 2. The molecule has 0 saturated carbocycles. The maximum absolute atomic E-state index is 11.3. The zero-order chi connectivity index (χ0) is 20.8. The summed E-state index contributed by atoms with van der Waals surface area (Å²) in [4.78, 5) is 22.7. The Morgan fingerprint density at radius 2 is 1.32 bits per heavy atom. The van der Waals surface area contributed by atoms with Gasteiger partial charge in [-0.2, -0.15) is 0 Å². The summed E-state index contributed by atoms with van der Waals surface area (Å²) in [5.41, 5.74) is 1.69. The van der Waals surface area contributed by atoms with E-state index >= 15 is 0 Å². The van der Waals surface area contributed by atoms with Gasteiger partial charge in [-0.1, -0.05) is 51.2 Å². The second-order valence-electron chi connectivity index (χ2n) is 7.32. The fourth-order valence-electron chi connectivity index (χ4n) is 3.06. The fourth-order valence-corrected chi connectivity index (χ4v) is 3.06. The van der Waals surface area contributed by atoms with E-state index in [0.717, 1.165) is 18.4 Å². The van der Waals surface area contributed by atoms with Crippen LogP contribution in [0.25, 0.3) is 0 Å². The summed E-state index contributed by atoms with van der Waals surface area (Å²) in [5, 5.41) is 0. The van der Waals surface area contributed by atoms with Crippen LogP contribution in [0.5, 0.6) is 11.5 Å². The Labute approximate surface area is 170 Å². The zero-order valence-electron chi connectivity index (χ0n) is 18.0. The van der Waals surface area contributed by atoms with Crippen molar-refractivity contribution in [3.63, 3.8) is 0 Å². The lowest BCUT2D eigenvalue weighted by molar-refractivity contribution is -0.132. The van der Waals surface area contributed by atoms with Crippen LogP contribution in [0.4, 0.5) is 0 Å². The lowest BCUT2D eigenvalue weighted by atomic mass is 10.0. The van der Waals surface area contributed by atoms with Crippen molar-refractivity contribution in [1.29, 1.82) is 0 Å². The van der Waals surface area contributed by atoms with Gasteiger partial charge in [-0.15, -0.1) is 0 Å². The first-order chi connectivity index (χ1) is 13.4. The molecule has 0 fully saturated rings. The molecule has 0 atom stereocenters. The normalized spacial score (nSPS) is 11.0. The molecule has 0 spiro atoms.